The Morgan fingerprint density at radius 1 is 1.11 bits per heavy atom. The van der Waals surface area contributed by atoms with Crippen LogP contribution in [0.2, 0.25) is 0 Å². The summed E-state index contributed by atoms with van der Waals surface area (Å²) in [6.07, 6.45) is 2.00. The van der Waals surface area contributed by atoms with Gasteiger partial charge in [0.1, 0.15) is 0 Å². The molecule has 8 heteroatoms. The molecule has 2 aliphatic rings. The summed E-state index contributed by atoms with van der Waals surface area (Å²) in [6.45, 7) is 9.98. The monoisotopic (exact) mass is 477 g/mol. The number of aliphatic imine (C=N–C) groups is 1. The number of carbonyl (C=O) groups is 2. The van der Waals surface area contributed by atoms with Crippen LogP contribution in [-0.2, 0) is 10.2 Å². The number of nitrogens with zero attached hydrogens (tertiary/aromatic N) is 1. The Kier molecular flexibility index (Phi) is 7.70. The normalized spacial score (nSPS) is 17.5. The minimum Gasteiger partial charge on any atom is -0.381 e. The molecule has 1 unspecified atom stereocenters. The molecule has 0 bridgehead atoms. The van der Waals surface area contributed by atoms with E-state index in [9.17, 15) is 9.59 Å². The van der Waals surface area contributed by atoms with E-state index in [0.29, 0.717) is 36.1 Å². The summed E-state index contributed by atoms with van der Waals surface area (Å²) in [7, 11) is 0. The fourth-order valence-electron chi connectivity index (χ4n) is 4.27. The van der Waals surface area contributed by atoms with Crippen molar-refractivity contribution in [1.29, 1.82) is 0 Å². The van der Waals surface area contributed by atoms with Crippen LogP contribution in [0.1, 0.15) is 59.9 Å². The Morgan fingerprint density at radius 2 is 1.94 bits per heavy atom. The molecule has 0 aromatic heterocycles. The van der Waals surface area contributed by atoms with Crippen molar-refractivity contribution >= 4 is 29.1 Å². The number of amides is 2. The highest BCUT2D eigenvalue weighted by atomic mass is 16.5. The van der Waals surface area contributed by atoms with Crippen LogP contribution >= 0.6 is 0 Å². The third kappa shape index (κ3) is 6.60. The van der Waals surface area contributed by atoms with E-state index < -0.39 is 0 Å². The SMILES string of the molecule is CC(C)(C)c1cc(C(=O)NC2=NCCN2)ccc1Nc1cccc(C(=O)NCCC2CCOC2)c1. The van der Waals surface area contributed by atoms with Crippen LogP contribution in [0.25, 0.3) is 0 Å². The summed E-state index contributed by atoms with van der Waals surface area (Å²) in [5, 5.41) is 12.4. The lowest BCUT2D eigenvalue weighted by Crippen LogP contribution is -2.38. The minimum absolute atomic E-state index is 0.0842. The molecule has 2 aliphatic heterocycles. The van der Waals surface area contributed by atoms with Gasteiger partial charge in [0.2, 0.25) is 0 Å². The predicted octanol–water partition coefficient (Wildman–Crippen LogP) is 3.57. The highest BCUT2D eigenvalue weighted by molar-refractivity contribution is 6.06. The molecule has 8 nitrogen and oxygen atoms in total. The van der Waals surface area contributed by atoms with Crippen LogP contribution in [-0.4, -0.2) is 50.6 Å². The number of hydrogen-bond donors (Lipinski definition) is 4. The Balaban J connectivity index is 1.45. The molecule has 1 atom stereocenters. The largest absolute Gasteiger partial charge is 0.381 e. The molecule has 1 fully saturated rings. The van der Waals surface area contributed by atoms with Gasteiger partial charge in [0, 0.05) is 48.8 Å². The van der Waals surface area contributed by atoms with E-state index in [1.54, 1.807) is 6.07 Å². The smallest absolute Gasteiger partial charge is 0.257 e. The molecule has 2 heterocycles. The summed E-state index contributed by atoms with van der Waals surface area (Å²) < 4.78 is 5.40. The Labute approximate surface area is 206 Å². The number of guanidine groups is 1. The van der Waals surface area contributed by atoms with E-state index in [1.165, 1.54) is 0 Å². The van der Waals surface area contributed by atoms with Gasteiger partial charge in [-0.15, -0.1) is 0 Å². The molecule has 4 rings (SSSR count). The van der Waals surface area contributed by atoms with Crippen LogP contribution in [0.3, 0.4) is 0 Å². The highest BCUT2D eigenvalue weighted by Crippen LogP contribution is 2.32. The third-order valence-electron chi connectivity index (χ3n) is 6.26. The number of anilines is 2. The quantitative estimate of drug-likeness (QED) is 0.488. The first kappa shape index (κ1) is 24.7. The van der Waals surface area contributed by atoms with Crippen molar-refractivity contribution < 1.29 is 14.3 Å². The van der Waals surface area contributed by atoms with Gasteiger partial charge < -0.3 is 20.7 Å². The number of rotatable bonds is 7. The first-order valence-electron chi connectivity index (χ1n) is 12.3. The fraction of sp³-hybridized carbons (Fsp3) is 0.444. The highest BCUT2D eigenvalue weighted by Gasteiger charge is 2.22. The van der Waals surface area contributed by atoms with E-state index in [1.807, 2.05) is 36.4 Å². The lowest BCUT2D eigenvalue weighted by atomic mass is 9.84. The van der Waals surface area contributed by atoms with Crippen molar-refractivity contribution in [1.82, 2.24) is 16.0 Å². The molecule has 186 valence electrons. The van der Waals surface area contributed by atoms with Crippen LogP contribution in [0, 0.1) is 5.92 Å². The van der Waals surface area contributed by atoms with Crippen molar-refractivity contribution in [2.45, 2.75) is 39.0 Å². The van der Waals surface area contributed by atoms with Gasteiger partial charge in [-0.3, -0.25) is 19.9 Å². The zero-order valence-corrected chi connectivity index (χ0v) is 20.7. The summed E-state index contributed by atoms with van der Waals surface area (Å²) in [5.74, 6) is 0.768. The van der Waals surface area contributed by atoms with E-state index in [0.717, 1.165) is 49.5 Å². The van der Waals surface area contributed by atoms with Gasteiger partial charge in [0.15, 0.2) is 5.96 Å². The molecule has 0 spiro atoms. The molecule has 0 aliphatic carbocycles. The summed E-state index contributed by atoms with van der Waals surface area (Å²) in [6, 6.07) is 13.1. The fourth-order valence-corrected chi connectivity index (χ4v) is 4.27. The summed E-state index contributed by atoms with van der Waals surface area (Å²) in [4.78, 5) is 29.6. The van der Waals surface area contributed by atoms with Gasteiger partial charge in [-0.05, 0) is 66.1 Å². The van der Waals surface area contributed by atoms with Gasteiger partial charge in [0.05, 0.1) is 6.54 Å². The zero-order valence-electron chi connectivity index (χ0n) is 20.7. The lowest BCUT2D eigenvalue weighted by Gasteiger charge is -2.24. The first-order valence-corrected chi connectivity index (χ1v) is 12.3. The standard InChI is InChI=1S/C27H35N5O3/c1-27(2,3)22-16-20(25(34)32-26-29-12-13-30-26)7-8-23(22)31-21-6-4-5-19(15-21)24(33)28-11-9-18-10-14-35-17-18/h4-8,15-16,18,31H,9-14,17H2,1-3H3,(H,28,33)(H2,29,30,32,34). The number of hydrogen-bond acceptors (Lipinski definition) is 6. The second-order valence-corrected chi connectivity index (χ2v) is 10.1. The molecule has 1 saturated heterocycles. The lowest BCUT2D eigenvalue weighted by molar-refractivity contribution is 0.0948. The first-order chi connectivity index (χ1) is 16.8. The van der Waals surface area contributed by atoms with Crippen LogP contribution in [0.4, 0.5) is 11.4 Å². The molecule has 35 heavy (non-hydrogen) atoms. The third-order valence-corrected chi connectivity index (χ3v) is 6.26. The van der Waals surface area contributed by atoms with Gasteiger partial charge >= 0.3 is 0 Å². The Morgan fingerprint density at radius 3 is 2.66 bits per heavy atom. The summed E-state index contributed by atoms with van der Waals surface area (Å²) in [5.41, 5.74) is 3.67. The van der Waals surface area contributed by atoms with Gasteiger partial charge in [0.25, 0.3) is 11.8 Å². The molecule has 4 N–H and O–H groups in total. The Hall–Kier alpha value is -3.39. The van der Waals surface area contributed by atoms with Gasteiger partial charge in [-0.1, -0.05) is 26.8 Å². The maximum absolute atomic E-state index is 12.7. The van der Waals surface area contributed by atoms with Crippen molar-refractivity contribution in [3.63, 3.8) is 0 Å². The number of benzene rings is 2. The molecule has 2 aromatic rings. The molecular formula is C27H35N5O3. The van der Waals surface area contributed by atoms with Gasteiger partial charge in [-0.2, -0.15) is 0 Å². The maximum atomic E-state index is 12.7. The van der Waals surface area contributed by atoms with Crippen LogP contribution < -0.4 is 21.3 Å². The van der Waals surface area contributed by atoms with E-state index in [2.05, 4.69) is 47.0 Å². The van der Waals surface area contributed by atoms with Crippen LogP contribution in [0.15, 0.2) is 47.5 Å². The number of carbonyl (C=O) groups excluding carboxylic acids is 2. The van der Waals surface area contributed by atoms with E-state index in [-0.39, 0.29) is 17.2 Å². The Bertz CT molecular complexity index is 1100. The molecular weight excluding hydrogens is 442 g/mol. The predicted molar refractivity (Wildman–Crippen MR) is 139 cm³/mol. The minimum atomic E-state index is -0.208. The second-order valence-electron chi connectivity index (χ2n) is 10.1. The summed E-state index contributed by atoms with van der Waals surface area (Å²) >= 11 is 0. The second kappa shape index (κ2) is 10.9. The van der Waals surface area contributed by atoms with Crippen molar-refractivity contribution in [2.24, 2.45) is 10.9 Å². The molecule has 2 amide bonds. The van der Waals surface area contributed by atoms with Gasteiger partial charge in [-0.25, -0.2) is 0 Å². The van der Waals surface area contributed by atoms with Crippen LogP contribution in [0.5, 0.6) is 0 Å². The van der Waals surface area contributed by atoms with E-state index >= 15 is 0 Å². The average Bonchev–Trinajstić information content (AvgIpc) is 3.53. The molecule has 2 aromatic carbocycles. The average molecular weight is 478 g/mol. The maximum Gasteiger partial charge on any atom is 0.257 e. The van der Waals surface area contributed by atoms with Crippen molar-refractivity contribution in [3.05, 3.63) is 59.2 Å². The van der Waals surface area contributed by atoms with Crippen molar-refractivity contribution in [3.8, 4) is 0 Å². The van der Waals surface area contributed by atoms with E-state index in [4.69, 9.17) is 4.74 Å². The number of nitrogens with one attached hydrogen (secondary N) is 4. The van der Waals surface area contributed by atoms with Crippen molar-refractivity contribution in [2.75, 3.05) is 38.2 Å². The molecule has 0 saturated carbocycles. The zero-order chi connectivity index (χ0) is 24.8. The molecule has 0 radical (unpaired) electrons. The topological polar surface area (TPSA) is 104 Å². The number of ether oxygens (including phenoxy) is 1.